The quantitative estimate of drug-likeness (QED) is 0.815. The van der Waals surface area contributed by atoms with Gasteiger partial charge in [0.2, 0.25) is 5.91 Å². The van der Waals surface area contributed by atoms with Crippen molar-refractivity contribution in [2.75, 3.05) is 13.2 Å². The SMILES string of the molecule is Cc1ccsc1CNC(=O)C1COCC1N. The molecule has 4 nitrogen and oxygen atoms in total. The minimum Gasteiger partial charge on any atom is -0.379 e. The molecule has 0 spiro atoms. The van der Waals surface area contributed by atoms with E-state index in [1.165, 1.54) is 10.4 Å². The first-order valence-corrected chi connectivity index (χ1v) is 6.20. The van der Waals surface area contributed by atoms with Crippen molar-refractivity contribution in [3.63, 3.8) is 0 Å². The molecule has 3 N–H and O–H groups in total. The van der Waals surface area contributed by atoms with Gasteiger partial charge in [-0.15, -0.1) is 11.3 Å². The number of hydrogen-bond acceptors (Lipinski definition) is 4. The molecule has 1 fully saturated rings. The third kappa shape index (κ3) is 2.42. The number of amides is 1. The highest BCUT2D eigenvalue weighted by Gasteiger charge is 2.31. The average molecular weight is 240 g/mol. The Bertz CT molecular complexity index is 378. The van der Waals surface area contributed by atoms with Crippen molar-refractivity contribution in [3.8, 4) is 0 Å². The smallest absolute Gasteiger partial charge is 0.227 e. The lowest BCUT2D eigenvalue weighted by atomic mass is 10.0. The third-order valence-corrected chi connectivity index (χ3v) is 3.88. The summed E-state index contributed by atoms with van der Waals surface area (Å²) in [5.74, 6) is -0.196. The Balaban J connectivity index is 1.86. The summed E-state index contributed by atoms with van der Waals surface area (Å²) in [7, 11) is 0. The van der Waals surface area contributed by atoms with Crippen molar-refractivity contribution in [1.29, 1.82) is 0 Å². The maximum absolute atomic E-state index is 11.8. The number of thiophene rings is 1. The summed E-state index contributed by atoms with van der Waals surface area (Å²) in [6, 6.07) is 1.89. The molecule has 1 amide bonds. The van der Waals surface area contributed by atoms with Crippen LogP contribution in [0.3, 0.4) is 0 Å². The van der Waals surface area contributed by atoms with Crippen LogP contribution in [0.25, 0.3) is 0 Å². The summed E-state index contributed by atoms with van der Waals surface area (Å²) in [5.41, 5.74) is 7.00. The fraction of sp³-hybridized carbons (Fsp3) is 0.545. The fourth-order valence-electron chi connectivity index (χ4n) is 1.72. The van der Waals surface area contributed by atoms with Gasteiger partial charge < -0.3 is 15.8 Å². The van der Waals surface area contributed by atoms with E-state index in [0.717, 1.165) is 0 Å². The molecular weight excluding hydrogens is 224 g/mol. The molecule has 0 aliphatic carbocycles. The van der Waals surface area contributed by atoms with Gasteiger partial charge in [-0.2, -0.15) is 0 Å². The van der Waals surface area contributed by atoms with Crippen LogP contribution in [0.15, 0.2) is 11.4 Å². The minimum absolute atomic E-state index is 0.00204. The van der Waals surface area contributed by atoms with E-state index in [4.69, 9.17) is 10.5 Å². The third-order valence-electron chi connectivity index (χ3n) is 2.85. The molecule has 0 bridgehead atoms. The van der Waals surface area contributed by atoms with Gasteiger partial charge in [0.05, 0.1) is 25.7 Å². The normalized spacial score (nSPS) is 24.6. The van der Waals surface area contributed by atoms with Crippen LogP contribution in [0.1, 0.15) is 10.4 Å². The lowest BCUT2D eigenvalue weighted by molar-refractivity contribution is -0.125. The zero-order valence-corrected chi connectivity index (χ0v) is 10.0. The van der Waals surface area contributed by atoms with Gasteiger partial charge >= 0.3 is 0 Å². The molecule has 2 unspecified atom stereocenters. The molecular formula is C11H16N2O2S. The van der Waals surface area contributed by atoms with Gasteiger partial charge in [-0.1, -0.05) is 0 Å². The van der Waals surface area contributed by atoms with Crippen molar-refractivity contribution in [2.45, 2.75) is 19.5 Å². The van der Waals surface area contributed by atoms with Gasteiger partial charge in [-0.3, -0.25) is 4.79 Å². The molecule has 1 aromatic heterocycles. The van der Waals surface area contributed by atoms with Crippen molar-refractivity contribution < 1.29 is 9.53 Å². The van der Waals surface area contributed by atoms with Crippen molar-refractivity contribution in [1.82, 2.24) is 5.32 Å². The number of hydrogen-bond donors (Lipinski definition) is 2. The highest BCUT2D eigenvalue weighted by molar-refractivity contribution is 7.10. The second-order valence-corrected chi connectivity index (χ2v) is 5.05. The molecule has 88 valence electrons. The molecule has 1 aliphatic rings. The monoisotopic (exact) mass is 240 g/mol. The van der Waals surface area contributed by atoms with Crippen LogP contribution in [0, 0.1) is 12.8 Å². The first kappa shape index (κ1) is 11.6. The second-order valence-electron chi connectivity index (χ2n) is 4.05. The Morgan fingerprint density at radius 3 is 3.06 bits per heavy atom. The summed E-state index contributed by atoms with van der Waals surface area (Å²) in [6.45, 7) is 3.56. The van der Waals surface area contributed by atoms with Gasteiger partial charge in [0, 0.05) is 10.9 Å². The Hall–Kier alpha value is -0.910. The van der Waals surface area contributed by atoms with Crippen LogP contribution in [0.5, 0.6) is 0 Å². The van der Waals surface area contributed by atoms with Crippen molar-refractivity contribution >= 4 is 17.2 Å². The summed E-state index contributed by atoms with van der Waals surface area (Å²) in [5, 5.41) is 4.94. The van der Waals surface area contributed by atoms with Gasteiger partial charge in [0.15, 0.2) is 0 Å². The van der Waals surface area contributed by atoms with Gasteiger partial charge in [-0.25, -0.2) is 0 Å². The number of carbonyl (C=O) groups is 1. The predicted molar refractivity (Wildman–Crippen MR) is 63.2 cm³/mol. The molecule has 2 atom stereocenters. The van der Waals surface area contributed by atoms with Crippen LogP contribution >= 0.6 is 11.3 Å². The van der Waals surface area contributed by atoms with Crippen LogP contribution in [0.4, 0.5) is 0 Å². The topological polar surface area (TPSA) is 64.3 Å². The summed E-state index contributed by atoms with van der Waals surface area (Å²) in [4.78, 5) is 13.0. The number of nitrogens with two attached hydrogens (primary N) is 1. The van der Waals surface area contributed by atoms with E-state index in [9.17, 15) is 4.79 Å². The highest BCUT2D eigenvalue weighted by atomic mass is 32.1. The van der Waals surface area contributed by atoms with Crippen LogP contribution in [0.2, 0.25) is 0 Å². The molecule has 0 radical (unpaired) electrons. The fourth-order valence-corrected chi connectivity index (χ4v) is 2.57. The number of rotatable bonds is 3. The summed E-state index contributed by atoms with van der Waals surface area (Å²) in [6.07, 6.45) is 0. The van der Waals surface area contributed by atoms with Crippen LogP contribution in [-0.4, -0.2) is 25.2 Å². The first-order valence-electron chi connectivity index (χ1n) is 5.32. The van der Waals surface area contributed by atoms with E-state index in [1.807, 2.05) is 12.3 Å². The lowest BCUT2D eigenvalue weighted by Crippen LogP contribution is -2.40. The molecule has 2 rings (SSSR count). The highest BCUT2D eigenvalue weighted by Crippen LogP contribution is 2.16. The minimum atomic E-state index is -0.194. The predicted octanol–water partition coefficient (Wildman–Crippen LogP) is 0.646. The molecule has 2 heterocycles. The number of nitrogens with one attached hydrogen (secondary N) is 1. The van der Waals surface area contributed by atoms with E-state index >= 15 is 0 Å². The van der Waals surface area contributed by atoms with E-state index in [-0.39, 0.29) is 17.9 Å². The standard InChI is InChI=1S/C11H16N2O2S/c1-7-2-3-16-10(7)4-13-11(14)8-5-15-6-9(8)12/h2-3,8-9H,4-6,12H2,1H3,(H,13,14). The van der Waals surface area contributed by atoms with E-state index in [2.05, 4.69) is 11.4 Å². The maximum atomic E-state index is 11.8. The first-order chi connectivity index (χ1) is 7.68. The molecule has 16 heavy (non-hydrogen) atoms. The average Bonchev–Trinajstić information content (AvgIpc) is 2.84. The molecule has 1 aromatic rings. The molecule has 0 saturated carbocycles. The molecule has 5 heteroatoms. The van der Waals surface area contributed by atoms with Gasteiger partial charge in [0.25, 0.3) is 0 Å². The number of carbonyl (C=O) groups excluding carboxylic acids is 1. The van der Waals surface area contributed by atoms with E-state index in [0.29, 0.717) is 19.8 Å². The van der Waals surface area contributed by atoms with Crippen LogP contribution in [-0.2, 0) is 16.1 Å². The largest absolute Gasteiger partial charge is 0.379 e. The van der Waals surface area contributed by atoms with E-state index in [1.54, 1.807) is 11.3 Å². The maximum Gasteiger partial charge on any atom is 0.227 e. The summed E-state index contributed by atoms with van der Waals surface area (Å²) >= 11 is 1.66. The Morgan fingerprint density at radius 1 is 1.69 bits per heavy atom. The number of ether oxygens (including phenoxy) is 1. The van der Waals surface area contributed by atoms with Gasteiger partial charge in [0.1, 0.15) is 0 Å². The lowest BCUT2D eigenvalue weighted by Gasteiger charge is -2.12. The van der Waals surface area contributed by atoms with E-state index < -0.39 is 0 Å². The molecule has 0 aromatic carbocycles. The number of aryl methyl sites for hydroxylation is 1. The van der Waals surface area contributed by atoms with Gasteiger partial charge in [-0.05, 0) is 23.9 Å². The Morgan fingerprint density at radius 2 is 2.50 bits per heavy atom. The zero-order valence-electron chi connectivity index (χ0n) is 9.23. The van der Waals surface area contributed by atoms with Crippen LogP contribution < -0.4 is 11.1 Å². The molecule has 1 aliphatic heterocycles. The Kier molecular flexibility index (Phi) is 3.58. The Labute approximate surface area is 98.8 Å². The molecule has 1 saturated heterocycles. The zero-order chi connectivity index (χ0) is 11.5. The second kappa shape index (κ2) is 4.95. The summed E-state index contributed by atoms with van der Waals surface area (Å²) < 4.78 is 5.17. The van der Waals surface area contributed by atoms with Crippen molar-refractivity contribution in [3.05, 3.63) is 21.9 Å². The van der Waals surface area contributed by atoms with Crippen molar-refractivity contribution in [2.24, 2.45) is 11.7 Å².